The van der Waals surface area contributed by atoms with Gasteiger partial charge in [-0.2, -0.15) is 0 Å². The third-order valence-corrected chi connectivity index (χ3v) is 4.29. The number of hydrogen-bond donors (Lipinski definition) is 1. The number of amides is 3. The Labute approximate surface area is 156 Å². The first-order chi connectivity index (χ1) is 12.2. The molecule has 6 heteroatoms. The second-order valence-electron chi connectivity index (χ2n) is 8.04. The van der Waals surface area contributed by atoms with Crippen LogP contribution in [0.25, 0.3) is 0 Å². The summed E-state index contributed by atoms with van der Waals surface area (Å²) in [4.78, 5) is 28.3. The summed E-state index contributed by atoms with van der Waals surface area (Å²) in [5.74, 6) is 0.657. The number of nitrogens with one attached hydrogen (secondary N) is 1. The lowest BCUT2D eigenvalue weighted by Gasteiger charge is -2.25. The van der Waals surface area contributed by atoms with Crippen molar-refractivity contribution in [3.8, 4) is 5.75 Å². The van der Waals surface area contributed by atoms with Gasteiger partial charge < -0.3 is 19.9 Å². The highest BCUT2D eigenvalue weighted by molar-refractivity contribution is 5.78. The molecule has 144 valence electrons. The number of aryl methyl sites for hydroxylation is 1. The van der Waals surface area contributed by atoms with Crippen molar-refractivity contribution in [3.05, 3.63) is 29.8 Å². The third kappa shape index (κ3) is 6.58. The quantitative estimate of drug-likeness (QED) is 0.897. The predicted octanol–water partition coefficient (Wildman–Crippen LogP) is 2.66. The van der Waals surface area contributed by atoms with Gasteiger partial charge in [0.05, 0.1) is 0 Å². The monoisotopic (exact) mass is 361 g/mol. The van der Waals surface area contributed by atoms with E-state index in [4.69, 9.17) is 4.74 Å². The second kappa shape index (κ2) is 8.92. The fraction of sp³-hybridized carbons (Fsp3) is 0.600. The van der Waals surface area contributed by atoms with Crippen molar-refractivity contribution in [2.75, 3.05) is 39.3 Å². The number of carbonyl (C=O) groups is 2. The second-order valence-corrected chi connectivity index (χ2v) is 8.04. The fourth-order valence-corrected chi connectivity index (χ4v) is 2.69. The molecule has 1 aromatic rings. The average Bonchev–Trinajstić information content (AvgIpc) is 2.84. The number of ether oxygens (including phenoxy) is 1. The van der Waals surface area contributed by atoms with Gasteiger partial charge in [-0.25, -0.2) is 4.79 Å². The summed E-state index contributed by atoms with van der Waals surface area (Å²) in [6.07, 6.45) is 0.777. The highest BCUT2D eigenvalue weighted by Crippen LogP contribution is 2.13. The lowest BCUT2D eigenvalue weighted by molar-refractivity contribution is -0.133. The third-order valence-electron chi connectivity index (χ3n) is 4.29. The van der Waals surface area contributed by atoms with Crippen molar-refractivity contribution >= 4 is 11.9 Å². The molecule has 6 nitrogen and oxygen atoms in total. The van der Waals surface area contributed by atoms with Crippen molar-refractivity contribution in [1.82, 2.24) is 15.1 Å². The Morgan fingerprint density at radius 1 is 1.04 bits per heavy atom. The molecule has 0 saturated carbocycles. The Kier molecular flexibility index (Phi) is 6.89. The first-order valence-corrected chi connectivity index (χ1v) is 9.25. The summed E-state index contributed by atoms with van der Waals surface area (Å²) in [7, 11) is 0. The number of urea groups is 1. The molecular formula is C20H31N3O3. The molecule has 1 aliphatic rings. The van der Waals surface area contributed by atoms with E-state index in [-0.39, 0.29) is 24.0 Å². The first kappa shape index (κ1) is 20.1. The average molecular weight is 361 g/mol. The van der Waals surface area contributed by atoms with E-state index in [9.17, 15) is 9.59 Å². The smallest absolute Gasteiger partial charge is 0.317 e. The van der Waals surface area contributed by atoms with Crippen LogP contribution in [-0.2, 0) is 4.79 Å². The zero-order chi connectivity index (χ0) is 19.2. The first-order valence-electron chi connectivity index (χ1n) is 9.25. The van der Waals surface area contributed by atoms with Crippen LogP contribution in [0, 0.1) is 12.3 Å². The largest absolute Gasteiger partial charge is 0.484 e. The summed E-state index contributed by atoms with van der Waals surface area (Å²) >= 11 is 0. The molecular weight excluding hydrogens is 330 g/mol. The van der Waals surface area contributed by atoms with Crippen molar-refractivity contribution in [2.45, 2.75) is 34.1 Å². The number of carbonyl (C=O) groups excluding carboxylic acids is 2. The predicted molar refractivity (Wildman–Crippen MR) is 102 cm³/mol. The van der Waals surface area contributed by atoms with Gasteiger partial charge in [0.25, 0.3) is 5.91 Å². The van der Waals surface area contributed by atoms with Crippen molar-refractivity contribution < 1.29 is 14.3 Å². The highest BCUT2D eigenvalue weighted by Gasteiger charge is 2.23. The molecule has 0 aromatic heterocycles. The molecule has 26 heavy (non-hydrogen) atoms. The SMILES string of the molecule is Cc1ccc(OCC(=O)N2CCCN(C(=O)NCC(C)(C)C)CC2)cc1. The van der Waals surface area contributed by atoms with Crippen LogP contribution in [0.2, 0.25) is 0 Å². The summed E-state index contributed by atoms with van der Waals surface area (Å²) in [5, 5.41) is 2.97. The Bertz CT molecular complexity index is 608. The van der Waals surface area contributed by atoms with Crippen LogP contribution in [0.3, 0.4) is 0 Å². The van der Waals surface area contributed by atoms with Gasteiger partial charge in [-0.05, 0) is 30.9 Å². The van der Waals surface area contributed by atoms with E-state index in [2.05, 4.69) is 26.1 Å². The van der Waals surface area contributed by atoms with Crippen molar-refractivity contribution in [1.29, 1.82) is 0 Å². The van der Waals surface area contributed by atoms with E-state index >= 15 is 0 Å². The standard InChI is InChI=1S/C20H31N3O3/c1-16-6-8-17(9-7-16)26-14-18(24)22-10-5-11-23(13-12-22)19(25)21-15-20(2,3)4/h6-9H,5,10-15H2,1-4H3,(H,21,25). The topological polar surface area (TPSA) is 61.9 Å². The Hall–Kier alpha value is -2.24. The van der Waals surface area contributed by atoms with Crippen LogP contribution in [0.15, 0.2) is 24.3 Å². The molecule has 1 saturated heterocycles. The number of rotatable bonds is 4. The molecule has 1 N–H and O–H groups in total. The van der Waals surface area contributed by atoms with Gasteiger partial charge in [-0.15, -0.1) is 0 Å². The molecule has 3 amide bonds. The van der Waals surface area contributed by atoms with Gasteiger partial charge in [-0.3, -0.25) is 4.79 Å². The minimum absolute atomic E-state index is 0.0271. The lowest BCUT2D eigenvalue weighted by Crippen LogP contribution is -2.45. The highest BCUT2D eigenvalue weighted by atomic mass is 16.5. The van der Waals surface area contributed by atoms with Crippen LogP contribution >= 0.6 is 0 Å². The van der Waals surface area contributed by atoms with Gasteiger partial charge in [0, 0.05) is 32.7 Å². The van der Waals surface area contributed by atoms with Crippen LogP contribution in [0.1, 0.15) is 32.8 Å². The Morgan fingerprint density at radius 3 is 2.31 bits per heavy atom. The molecule has 0 aliphatic carbocycles. The molecule has 0 radical (unpaired) electrons. The molecule has 1 heterocycles. The van der Waals surface area contributed by atoms with E-state index in [0.29, 0.717) is 38.5 Å². The molecule has 1 aromatic carbocycles. The maximum Gasteiger partial charge on any atom is 0.317 e. The number of benzene rings is 1. The lowest BCUT2D eigenvalue weighted by atomic mass is 9.97. The molecule has 2 rings (SSSR count). The van der Waals surface area contributed by atoms with Crippen molar-refractivity contribution in [3.63, 3.8) is 0 Å². The van der Waals surface area contributed by atoms with Crippen LogP contribution in [0.4, 0.5) is 4.79 Å². The van der Waals surface area contributed by atoms with Crippen LogP contribution < -0.4 is 10.1 Å². The molecule has 1 fully saturated rings. The van der Waals surface area contributed by atoms with Gasteiger partial charge >= 0.3 is 6.03 Å². The summed E-state index contributed by atoms with van der Waals surface area (Å²) < 4.78 is 5.58. The maximum absolute atomic E-state index is 12.4. The van der Waals surface area contributed by atoms with Crippen LogP contribution in [0.5, 0.6) is 5.75 Å². The number of nitrogens with zero attached hydrogens (tertiary/aromatic N) is 2. The minimum Gasteiger partial charge on any atom is -0.484 e. The van der Waals surface area contributed by atoms with Gasteiger partial charge in [0.2, 0.25) is 0 Å². The molecule has 0 unspecified atom stereocenters. The van der Waals surface area contributed by atoms with Crippen molar-refractivity contribution in [2.24, 2.45) is 5.41 Å². The fourth-order valence-electron chi connectivity index (χ4n) is 2.69. The van der Waals surface area contributed by atoms with Crippen LogP contribution in [-0.4, -0.2) is 61.1 Å². The normalized spacial score (nSPS) is 15.4. The van der Waals surface area contributed by atoms with E-state index in [0.717, 1.165) is 12.0 Å². The van der Waals surface area contributed by atoms with E-state index in [1.165, 1.54) is 0 Å². The minimum atomic E-state index is -0.0508. The molecule has 0 atom stereocenters. The van der Waals surface area contributed by atoms with Gasteiger partial charge in [-0.1, -0.05) is 38.5 Å². The molecule has 0 spiro atoms. The molecule has 1 aliphatic heterocycles. The zero-order valence-corrected chi connectivity index (χ0v) is 16.4. The van der Waals surface area contributed by atoms with E-state index in [1.807, 2.05) is 31.2 Å². The number of hydrogen-bond acceptors (Lipinski definition) is 3. The Balaban J connectivity index is 1.78. The zero-order valence-electron chi connectivity index (χ0n) is 16.4. The van der Waals surface area contributed by atoms with E-state index in [1.54, 1.807) is 9.80 Å². The summed E-state index contributed by atoms with van der Waals surface area (Å²) in [5.41, 5.74) is 1.21. The Morgan fingerprint density at radius 2 is 1.65 bits per heavy atom. The van der Waals surface area contributed by atoms with Gasteiger partial charge in [0.1, 0.15) is 5.75 Å². The van der Waals surface area contributed by atoms with E-state index < -0.39 is 0 Å². The summed E-state index contributed by atoms with van der Waals surface area (Å²) in [6, 6.07) is 7.60. The summed E-state index contributed by atoms with van der Waals surface area (Å²) in [6.45, 7) is 11.3. The molecule has 0 bridgehead atoms. The van der Waals surface area contributed by atoms with Gasteiger partial charge in [0.15, 0.2) is 6.61 Å². The maximum atomic E-state index is 12.4.